The Hall–Kier alpha value is -1.58. The number of benzene rings is 2. The van der Waals surface area contributed by atoms with E-state index in [1.165, 1.54) is 0 Å². The highest BCUT2D eigenvalue weighted by Gasteiger charge is 2.11. The van der Waals surface area contributed by atoms with Crippen molar-refractivity contribution in [3.05, 3.63) is 58.1 Å². The van der Waals surface area contributed by atoms with Crippen LogP contribution in [0.1, 0.15) is 36.5 Å². The smallest absolute Gasteiger partial charge is 0.146 e. The number of ether oxygens (including phenoxy) is 1. The van der Waals surface area contributed by atoms with Gasteiger partial charge < -0.3 is 10.5 Å². The lowest BCUT2D eigenvalue weighted by Gasteiger charge is -2.15. The molecule has 2 aromatic rings. The summed E-state index contributed by atoms with van der Waals surface area (Å²) in [6, 6.07) is 11.5. The van der Waals surface area contributed by atoms with Crippen molar-refractivity contribution in [2.24, 2.45) is 5.73 Å². The first kappa shape index (κ1) is 15.8. The second-order valence-corrected chi connectivity index (χ2v) is 6.15. The number of hydrogen-bond acceptors (Lipinski definition) is 2. The summed E-state index contributed by atoms with van der Waals surface area (Å²) in [6.07, 6.45) is 0. The summed E-state index contributed by atoms with van der Waals surface area (Å²) in [7, 11) is 0. The average molecular weight is 320 g/mol. The molecule has 21 heavy (non-hydrogen) atoms. The normalized spacial score (nSPS) is 10.7. The molecule has 0 aromatic heterocycles. The second kappa shape index (κ2) is 6.46. The maximum Gasteiger partial charge on any atom is 0.146 e. The zero-order valence-corrected chi connectivity index (χ0v) is 13.9. The van der Waals surface area contributed by atoms with Gasteiger partial charge in [-0.3, -0.25) is 0 Å². The molecule has 2 N–H and O–H groups in total. The number of hydrogen-bond donors (Lipinski definition) is 1. The fraction of sp³-hybridized carbons (Fsp3) is 0.235. The van der Waals surface area contributed by atoms with Gasteiger partial charge in [-0.2, -0.15) is 0 Å². The van der Waals surface area contributed by atoms with Crippen LogP contribution >= 0.6 is 23.8 Å². The minimum Gasteiger partial charge on any atom is -0.455 e. The van der Waals surface area contributed by atoms with Crippen LogP contribution in [0.5, 0.6) is 11.5 Å². The molecule has 110 valence electrons. The standard InChI is InChI=1S/C17H18ClNOS/c1-10(2)13-6-4-11(3)8-16(13)20-15-7-5-12(17(19)21)9-14(15)18/h4-10H,1-3H3,(H2,19,21). The number of halogens is 1. The molecule has 0 fully saturated rings. The lowest BCUT2D eigenvalue weighted by atomic mass is 10.0. The topological polar surface area (TPSA) is 35.2 Å². The van der Waals surface area contributed by atoms with Crippen molar-refractivity contribution in [1.29, 1.82) is 0 Å². The fourth-order valence-corrected chi connectivity index (χ4v) is 2.41. The molecule has 0 saturated heterocycles. The minimum atomic E-state index is 0.321. The summed E-state index contributed by atoms with van der Waals surface area (Å²) in [5.74, 6) is 1.80. The maximum atomic E-state index is 6.25. The Balaban J connectivity index is 2.38. The van der Waals surface area contributed by atoms with Crippen LogP contribution in [-0.2, 0) is 0 Å². The molecule has 0 aliphatic carbocycles. The van der Waals surface area contributed by atoms with Gasteiger partial charge in [0.1, 0.15) is 16.5 Å². The van der Waals surface area contributed by atoms with Crippen molar-refractivity contribution in [2.45, 2.75) is 26.7 Å². The molecule has 0 spiro atoms. The third-order valence-corrected chi connectivity index (χ3v) is 3.76. The predicted molar refractivity (Wildman–Crippen MR) is 92.7 cm³/mol. The van der Waals surface area contributed by atoms with Crippen LogP contribution in [0.25, 0.3) is 0 Å². The lowest BCUT2D eigenvalue weighted by Crippen LogP contribution is -2.09. The van der Waals surface area contributed by atoms with Crippen molar-refractivity contribution in [1.82, 2.24) is 0 Å². The van der Waals surface area contributed by atoms with Gasteiger partial charge in [0, 0.05) is 5.56 Å². The Morgan fingerprint density at radius 2 is 1.86 bits per heavy atom. The molecule has 0 heterocycles. The molecule has 0 aliphatic heterocycles. The third-order valence-electron chi connectivity index (χ3n) is 3.23. The van der Waals surface area contributed by atoms with Crippen molar-refractivity contribution in [2.75, 3.05) is 0 Å². The van der Waals surface area contributed by atoms with Gasteiger partial charge in [0.15, 0.2) is 0 Å². The van der Waals surface area contributed by atoms with E-state index in [0.717, 1.165) is 22.4 Å². The Kier molecular flexibility index (Phi) is 4.86. The van der Waals surface area contributed by atoms with Gasteiger partial charge in [-0.05, 0) is 48.2 Å². The van der Waals surface area contributed by atoms with Crippen LogP contribution in [0.3, 0.4) is 0 Å². The van der Waals surface area contributed by atoms with Gasteiger partial charge in [-0.25, -0.2) is 0 Å². The first-order chi connectivity index (χ1) is 9.88. The van der Waals surface area contributed by atoms with E-state index in [1.807, 2.05) is 19.1 Å². The monoisotopic (exact) mass is 319 g/mol. The zero-order chi connectivity index (χ0) is 15.6. The van der Waals surface area contributed by atoms with E-state index < -0.39 is 0 Å². The fourth-order valence-electron chi connectivity index (χ4n) is 2.06. The van der Waals surface area contributed by atoms with Crippen LogP contribution in [-0.4, -0.2) is 4.99 Å². The zero-order valence-electron chi connectivity index (χ0n) is 12.3. The number of rotatable bonds is 4. The first-order valence-electron chi connectivity index (χ1n) is 6.76. The van der Waals surface area contributed by atoms with E-state index >= 15 is 0 Å². The minimum absolute atomic E-state index is 0.321. The number of thiocarbonyl (C=S) groups is 1. The van der Waals surface area contributed by atoms with E-state index in [-0.39, 0.29) is 0 Å². The van der Waals surface area contributed by atoms with Gasteiger partial charge in [0.05, 0.1) is 5.02 Å². The summed E-state index contributed by atoms with van der Waals surface area (Å²) >= 11 is 11.2. The molecule has 2 nitrogen and oxygen atoms in total. The molecular weight excluding hydrogens is 302 g/mol. The molecule has 2 aromatic carbocycles. The molecule has 0 aliphatic rings. The van der Waals surface area contributed by atoms with E-state index in [0.29, 0.717) is 21.7 Å². The molecule has 0 radical (unpaired) electrons. The van der Waals surface area contributed by atoms with E-state index in [2.05, 4.69) is 26.0 Å². The van der Waals surface area contributed by atoms with Crippen LogP contribution in [0.2, 0.25) is 5.02 Å². The highest BCUT2D eigenvalue weighted by Crippen LogP contribution is 2.35. The molecule has 2 rings (SSSR count). The highest BCUT2D eigenvalue weighted by molar-refractivity contribution is 7.80. The Bertz CT molecular complexity index is 682. The van der Waals surface area contributed by atoms with Gasteiger partial charge in [0.2, 0.25) is 0 Å². The average Bonchev–Trinajstić information content (AvgIpc) is 2.40. The van der Waals surface area contributed by atoms with Crippen molar-refractivity contribution in [3.63, 3.8) is 0 Å². The van der Waals surface area contributed by atoms with Gasteiger partial charge in [-0.1, -0.05) is 49.8 Å². The quantitative estimate of drug-likeness (QED) is 0.787. The van der Waals surface area contributed by atoms with E-state index in [9.17, 15) is 0 Å². The van der Waals surface area contributed by atoms with E-state index in [4.69, 9.17) is 34.3 Å². The second-order valence-electron chi connectivity index (χ2n) is 5.31. The van der Waals surface area contributed by atoms with Crippen molar-refractivity contribution < 1.29 is 4.74 Å². The van der Waals surface area contributed by atoms with Gasteiger partial charge >= 0.3 is 0 Å². The van der Waals surface area contributed by atoms with Crippen molar-refractivity contribution >= 4 is 28.8 Å². The van der Waals surface area contributed by atoms with Crippen LogP contribution < -0.4 is 10.5 Å². The number of nitrogens with two attached hydrogens (primary N) is 1. The third kappa shape index (κ3) is 3.74. The lowest BCUT2D eigenvalue weighted by molar-refractivity contribution is 0.473. The molecule has 0 bridgehead atoms. The predicted octanol–water partition coefficient (Wildman–Crippen LogP) is 5.20. The summed E-state index contributed by atoms with van der Waals surface area (Å²) in [6.45, 7) is 6.30. The van der Waals surface area contributed by atoms with Crippen LogP contribution in [0.15, 0.2) is 36.4 Å². The van der Waals surface area contributed by atoms with Crippen LogP contribution in [0.4, 0.5) is 0 Å². The first-order valence-corrected chi connectivity index (χ1v) is 7.55. The molecule has 0 amide bonds. The summed E-state index contributed by atoms with van der Waals surface area (Å²) in [4.78, 5) is 0.321. The molecule has 0 saturated carbocycles. The van der Waals surface area contributed by atoms with Crippen LogP contribution in [0, 0.1) is 6.92 Å². The highest BCUT2D eigenvalue weighted by atomic mass is 35.5. The Labute approximate surface area is 135 Å². The Morgan fingerprint density at radius 3 is 2.43 bits per heavy atom. The maximum absolute atomic E-state index is 6.25. The summed E-state index contributed by atoms with van der Waals surface area (Å²) in [5, 5.41) is 0.497. The molecule has 0 unspecified atom stereocenters. The molecule has 4 heteroatoms. The summed E-state index contributed by atoms with van der Waals surface area (Å²) < 4.78 is 6.00. The van der Waals surface area contributed by atoms with Gasteiger partial charge in [-0.15, -0.1) is 0 Å². The number of aryl methyl sites for hydroxylation is 1. The molecular formula is C17H18ClNOS. The molecule has 0 atom stereocenters. The largest absolute Gasteiger partial charge is 0.455 e. The summed E-state index contributed by atoms with van der Waals surface area (Å²) in [5.41, 5.74) is 8.63. The van der Waals surface area contributed by atoms with E-state index in [1.54, 1.807) is 12.1 Å². The SMILES string of the molecule is Cc1ccc(C(C)C)c(Oc2ccc(C(N)=S)cc2Cl)c1. The van der Waals surface area contributed by atoms with Crippen molar-refractivity contribution in [3.8, 4) is 11.5 Å². The van der Waals surface area contributed by atoms with Gasteiger partial charge in [0.25, 0.3) is 0 Å². The Morgan fingerprint density at radius 1 is 1.14 bits per heavy atom.